The Morgan fingerprint density at radius 3 is 2.70 bits per heavy atom. The van der Waals surface area contributed by atoms with Crippen molar-refractivity contribution in [2.75, 3.05) is 33.4 Å². The maximum Gasteiger partial charge on any atom is 0.236 e. The molecule has 20 heavy (non-hydrogen) atoms. The zero-order valence-corrected chi connectivity index (χ0v) is 12.2. The lowest BCUT2D eigenvalue weighted by molar-refractivity contribution is -0.129. The fourth-order valence-electron chi connectivity index (χ4n) is 1.83. The van der Waals surface area contributed by atoms with Crippen LogP contribution in [0.15, 0.2) is 6.20 Å². The summed E-state index contributed by atoms with van der Waals surface area (Å²) in [5.41, 5.74) is 6.59. The van der Waals surface area contributed by atoms with Gasteiger partial charge in [0.05, 0.1) is 24.7 Å². The molecule has 108 valence electrons. The number of anilines is 1. The van der Waals surface area contributed by atoms with Gasteiger partial charge in [-0.3, -0.25) is 14.4 Å². The Morgan fingerprint density at radius 2 is 2.05 bits per heavy atom. The van der Waals surface area contributed by atoms with E-state index in [4.69, 9.17) is 5.73 Å². The molecule has 1 amide bonds. The van der Waals surface area contributed by atoms with E-state index in [0.717, 1.165) is 5.39 Å². The summed E-state index contributed by atoms with van der Waals surface area (Å²) < 4.78 is 1.65. The minimum absolute atomic E-state index is 0.0297. The largest absolute Gasteiger partial charge is 0.383 e. The van der Waals surface area contributed by atoms with Gasteiger partial charge in [-0.05, 0) is 7.05 Å². The Bertz CT molecular complexity index is 634. The van der Waals surface area contributed by atoms with Crippen molar-refractivity contribution in [1.29, 1.82) is 0 Å². The van der Waals surface area contributed by atoms with Crippen molar-refractivity contribution in [1.82, 2.24) is 29.5 Å². The van der Waals surface area contributed by atoms with Crippen LogP contribution in [-0.2, 0) is 18.4 Å². The van der Waals surface area contributed by atoms with Gasteiger partial charge in [0, 0.05) is 21.1 Å². The molecule has 0 spiro atoms. The van der Waals surface area contributed by atoms with E-state index in [2.05, 4.69) is 15.1 Å². The number of aromatic nitrogens is 4. The zero-order valence-electron chi connectivity index (χ0n) is 12.2. The predicted octanol–water partition coefficient (Wildman–Crippen LogP) is -0.534. The molecule has 2 aromatic rings. The Balaban J connectivity index is 2.17. The first-order valence-electron chi connectivity index (χ1n) is 6.21. The van der Waals surface area contributed by atoms with Gasteiger partial charge in [0.1, 0.15) is 11.6 Å². The lowest BCUT2D eigenvalue weighted by atomic mass is 10.3. The van der Waals surface area contributed by atoms with Crippen molar-refractivity contribution in [2.24, 2.45) is 7.05 Å². The number of aryl methyl sites for hydroxylation is 1. The molecule has 2 rings (SSSR count). The highest BCUT2D eigenvalue weighted by Crippen LogP contribution is 2.16. The van der Waals surface area contributed by atoms with Gasteiger partial charge in [0.15, 0.2) is 5.65 Å². The maximum atomic E-state index is 11.6. The molecule has 0 fully saturated rings. The van der Waals surface area contributed by atoms with Gasteiger partial charge < -0.3 is 10.6 Å². The summed E-state index contributed by atoms with van der Waals surface area (Å²) in [6, 6.07) is 0. The van der Waals surface area contributed by atoms with Crippen LogP contribution in [0.4, 0.5) is 5.82 Å². The minimum Gasteiger partial charge on any atom is -0.383 e. The summed E-state index contributed by atoms with van der Waals surface area (Å²) in [5, 5.41) is 4.85. The van der Waals surface area contributed by atoms with Gasteiger partial charge in [-0.2, -0.15) is 5.10 Å². The van der Waals surface area contributed by atoms with E-state index in [9.17, 15) is 4.79 Å². The number of likely N-dealkylation sites (N-methyl/N-ethyl adjacent to an activating group) is 2. The second-order valence-electron chi connectivity index (χ2n) is 4.99. The molecule has 0 bridgehead atoms. The van der Waals surface area contributed by atoms with Crippen molar-refractivity contribution in [3.63, 3.8) is 0 Å². The van der Waals surface area contributed by atoms with Crippen LogP contribution in [0.5, 0.6) is 0 Å². The summed E-state index contributed by atoms with van der Waals surface area (Å²) >= 11 is 0. The van der Waals surface area contributed by atoms with E-state index >= 15 is 0 Å². The number of amides is 1. The summed E-state index contributed by atoms with van der Waals surface area (Å²) in [5.74, 6) is 1.01. The van der Waals surface area contributed by atoms with E-state index in [1.54, 1.807) is 36.9 Å². The maximum absolute atomic E-state index is 11.6. The van der Waals surface area contributed by atoms with Crippen molar-refractivity contribution >= 4 is 22.8 Å². The molecule has 0 radical (unpaired) electrons. The van der Waals surface area contributed by atoms with E-state index in [1.165, 1.54) is 0 Å². The molecule has 2 heterocycles. The number of rotatable bonds is 4. The first kappa shape index (κ1) is 14.2. The molecule has 0 unspecified atom stereocenters. The van der Waals surface area contributed by atoms with Gasteiger partial charge in [-0.25, -0.2) is 9.97 Å². The summed E-state index contributed by atoms with van der Waals surface area (Å²) in [6.45, 7) is 0.755. The third-order valence-electron chi connectivity index (χ3n) is 2.98. The molecule has 2 aromatic heterocycles. The van der Waals surface area contributed by atoms with Crippen LogP contribution in [0.1, 0.15) is 5.82 Å². The summed E-state index contributed by atoms with van der Waals surface area (Å²) in [4.78, 5) is 23.7. The van der Waals surface area contributed by atoms with Crippen molar-refractivity contribution in [3.8, 4) is 0 Å². The second kappa shape index (κ2) is 5.41. The third-order valence-corrected chi connectivity index (χ3v) is 2.98. The lowest BCUT2D eigenvalue weighted by Gasteiger charge is -2.18. The average molecular weight is 277 g/mol. The van der Waals surface area contributed by atoms with Crippen LogP contribution in [0.3, 0.4) is 0 Å². The SMILES string of the molecule is CN(CC(=O)N(C)C)Cc1nc(N)c2cnn(C)c2n1. The van der Waals surface area contributed by atoms with E-state index in [1.807, 2.05) is 11.9 Å². The monoisotopic (exact) mass is 277 g/mol. The first-order valence-corrected chi connectivity index (χ1v) is 6.21. The lowest BCUT2D eigenvalue weighted by Crippen LogP contribution is -2.34. The molecule has 0 aliphatic heterocycles. The fraction of sp³-hybridized carbons (Fsp3) is 0.500. The van der Waals surface area contributed by atoms with Crippen LogP contribution in [0.2, 0.25) is 0 Å². The Labute approximate surface area is 117 Å². The normalized spacial score (nSPS) is 11.2. The molecule has 8 heteroatoms. The molecule has 2 N–H and O–H groups in total. The molecular formula is C12H19N7O. The van der Waals surface area contributed by atoms with Crippen LogP contribution in [-0.4, -0.2) is 63.1 Å². The highest BCUT2D eigenvalue weighted by molar-refractivity contribution is 5.84. The molecule has 0 saturated heterocycles. The van der Waals surface area contributed by atoms with Gasteiger partial charge >= 0.3 is 0 Å². The van der Waals surface area contributed by atoms with Crippen molar-refractivity contribution < 1.29 is 4.79 Å². The van der Waals surface area contributed by atoms with E-state index < -0.39 is 0 Å². The summed E-state index contributed by atoms with van der Waals surface area (Å²) in [7, 11) is 7.10. The number of carbonyl (C=O) groups is 1. The van der Waals surface area contributed by atoms with E-state index in [-0.39, 0.29) is 5.91 Å². The van der Waals surface area contributed by atoms with Gasteiger partial charge in [-0.1, -0.05) is 0 Å². The molecular weight excluding hydrogens is 258 g/mol. The molecule has 0 aliphatic carbocycles. The van der Waals surface area contributed by atoms with Crippen molar-refractivity contribution in [3.05, 3.63) is 12.0 Å². The number of fused-ring (bicyclic) bond motifs is 1. The third kappa shape index (κ3) is 2.85. The first-order chi connectivity index (χ1) is 9.38. The highest BCUT2D eigenvalue weighted by atomic mass is 16.2. The predicted molar refractivity (Wildman–Crippen MR) is 75.7 cm³/mol. The van der Waals surface area contributed by atoms with Gasteiger partial charge in [0.2, 0.25) is 5.91 Å². The number of carbonyl (C=O) groups excluding carboxylic acids is 1. The highest BCUT2D eigenvalue weighted by Gasteiger charge is 2.13. The van der Waals surface area contributed by atoms with Crippen LogP contribution in [0, 0.1) is 0 Å². The Morgan fingerprint density at radius 1 is 1.35 bits per heavy atom. The number of nitrogens with zero attached hydrogens (tertiary/aromatic N) is 6. The summed E-state index contributed by atoms with van der Waals surface area (Å²) in [6.07, 6.45) is 1.65. The smallest absolute Gasteiger partial charge is 0.236 e. The van der Waals surface area contributed by atoms with Crippen LogP contribution in [0.25, 0.3) is 11.0 Å². The molecule has 0 atom stereocenters. The Hall–Kier alpha value is -2.22. The molecule has 0 saturated carbocycles. The fourth-order valence-corrected chi connectivity index (χ4v) is 1.83. The van der Waals surface area contributed by atoms with Crippen LogP contribution >= 0.6 is 0 Å². The zero-order chi connectivity index (χ0) is 14.9. The standard InChI is InChI=1S/C12H19N7O/c1-17(2)10(20)7-18(3)6-9-15-11(13)8-5-14-19(4)12(8)16-9/h5H,6-7H2,1-4H3,(H2,13,15,16). The van der Waals surface area contributed by atoms with Gasteiger partial charge in [-0.15, -0.1) is 0 Å². The number of hydrogen-bond acceptors (Lipinski definition) is 6. The van der Waals surface area contributed by atoms with Crippen LogP contribution < -0.4 is 5.73 Å². The van der Waals surface area contributed by atoms with Crippen molar-refractivity contribution in [2.45, 2.75) is 6.54 Å². The Kier molecular flexibility index (Phi) is 3.84. The number of nitrogens with two attached hydrogens (primary N) is 1. The molecule has 0 aromatic carbocycles. The minimum atomic E-state index is 0.0297. The van der Waals surface area contributed by atoms with E-state index in [0.29, 0.717) is 30.4 Å². The topological polar surface area (TPSA) is 93.2 Å². The quantitative estimate of drug-likeness (QED) is 0.807. The number of hydrogen-bond donors (Lipinski definition) is 1. The molecule has 8 nitrogen and oxygen atoms in total. The van der Waals surface area contributed by atoms with Gasteiger partial charge in [0.25, 0.3) is 0 Å². The average Bonchev–Trinajstić information content (AvgIpc) is 2.71. The second-order valence-corrected chi connectivity index (χ2v) is 4.99. The molecule has 0 aliphatic rings. The number of nitrogen functional groups attached to an aromatic ring is 1.